The number of rotatable bonds is 6. The highest BCUT2D eigenvalue weighted by atomic mass is 16.4. The number of aryl methyl sites for hydroxylation is 2. The number of guanidine groups is 1. The first-order valence-electron chi connectivity index (χ1n) is 10.2. The average molecular weight is 402 g/mol. The Morgan fingerprint density at radius 2 is 1.93 bits per heavy atom. The van der Waals surface area contributed by atoms with Crippen molar-refractivity contribution in [1.29, 1.82) is 0 Å². The predicted molar refractivity (Wildman–Crippen MR) is 122 cm³/mol. The van der Waals surface area contributed by atoms with Gasteiger partial charge in [-0.25, -0.2) is 4.98 Å². The molecule has 3 N–H and O–H groups in total. The highest BCUT2D eigenvalue weighted by Gasteiger charge is 2.09. The molecule has 2 aromatic heterocycles. The summed E-state index contributed by atoms with van der Waals surface area (Å²) in [7, 11) is 1.76. The molecule has 0 bridgehead atoms. The van der Waals surface area contributed by atoms with Crippen LogP contribution in [0.25, 0.3) is 22.2 Å². The fraction of sp³-hybridized carbons (Fsp3) is 0.250. The van der Waals surface area contributed by atoms with Crippen LogP contribution in [-0.4, -0.2) is 29.5 Å². The molecule has 0 aliphatic carbocycles. The molecule has 6 nitrogen and oxygen atoms in total. The number of nitrogens with zero attached hydrogens (tertiary/aromatic N) is 2. The molecule has 0 radical (unpaired) electrons. The van der Waals surface area contributed by atoms with Crippen molar-refractivity contribution in [3.05, 3.63) is 77.4 Å². The van der Waals surface area contributed by atoms with Crippen molar-refractivity contribution in [3.8, 4) is 11.3 Å². The second kappa shape index (κ2) is 8.86. The van der Waals surface area contributed by atoms with Gasteiger partial charge in [-0.3, -0.25) is 4.99 Å². The molecule has 6 heteroatoms. The van der Waals surface area contributed by atoms with E-state index >= 15 is 0 Å². The first-order chi connectivity index (χ1) is 14.6. The lowest BCUT2D eigenvalue weighted by Crippen LogP contribution is -2.37. The fourth-order valence-electron chi connectivity index (χ4n) is 3.59. The highest BCUT2D eigenvalue weighted by molar-refractivity contribution is 5.86. The van der Waals surface area contributed by atoms with Crippen LogP contribution in [0.3, 0.4) is 0 Å². The number of aromatic nitrogens is 2. The molecule has 2 aromatic carbocycles. The smallest absolute Gasteiger partial charge is 0.214 e. The normalized spacial score (nSPS) is 11.8. The molecule has 0 aliphatic heterocycles. The van der Waals surface area contributed by atoms with Crippen molar-refractivity contribution in [2.24, 2.45) is 4.99 Å². The zero-order valence-electron chi connectivity index (χ0n) is 17.6. The van der Waals surface area contributed by atoms with Gasteiger partial charge < -0.3 is 20.0 Å². The van der Waals surface area contributed by atoms with Gasteiger partial charge >= 0.3 is 0 Å². The monoisotopic (exact) mass is 401 g/mol. The van der Waals surface area contributed by atoms with Gasteiger partial charge in [-0.1, -0.05) is 42.0 Å². The van der Waals surface area contributed by atoms with Crippen LogP contribution >= 0.6 is 0 Å². The maximum Gasteiger partial charge on any atom is 0.214 e. The third-order valence-corrected chi connectivity index (χ3v) is 5.20. The Balaban J connectivity index is 1.31. The summed E-state index contributed by atoms with van der Waals surface area (Å²) >= 11 is 0. The lowest BCUT2D eigenvalue weighted by molar-refractivity contribution is 0.497. The van der Waals surface area contributed by atoms with Crippen LogP contribution in [0.15, 0.2) is 64.3 Å². The van der Waals surface area contributed by atoms with E-state index in [1.807, 2.05) is 12.1 Å². The fourth-order valence-corrected chi connectivity index (χ4v) is 3.59. The summed E-state index contributed by atoms with van der Waals surface area (Å²) in [5, 5.41) is 7.94. The van der Waals surface area contributed by atoms with E-state index in [1.54, 1.807) is 13.2 Å². The SMILES string of the molecule is CN=C(NCCc1c[nH]c2cccc(C)c12)NCc1ncc(-c2ccc(C)cc2)o1. The van der Waals surface area contributed by atoms with E-state index < -0.39 is 0 Å². The van der Waals surface area contributed by atoms with Crippen LogP contribution in [0.4, 0.5) is 0 Å². The first kappa shape index (κ1) is 19.8. The molecule has 0 unspecified atom stereocenters. The van der Waals surface area contributed by atoms with Gasteiger partial charge in [-0.15, -0.1) is 0 Å². The maximum atomic E-state index is 5.87. The molecule has 0 amide bonds. The number of aromatic amines is 1. The maximum absolute atomic E-state index is 5.87. The predicted octanol–water partition coefficient (Wildman–Crippen LogP) is 4.35. The second-order valence-corrected chi connectivity index (χ2v) is 7.40. The van der Waals surface area contributed by atoms with Crippen molar-refractivity contribution in [2.75, 3.05) is 13.6 Å². The van der Waals surface area contributed by atoms with E-state index in [0.717, 1.165) is 30.2 Å². The lowest BCUT2D eigenvalue weighted by atomic mass is 10.1. The van der Waals surface area contributed by atoms with Crippen LogP contribution in [0.1, 0.15) is 22.6 Å². The molecular weight excluding hydrogens is 374 g/mol. The van der Waals surface area contributed by atoms with Crippen molar-refractivity contribution in [2.45, 2.75) is 26.8 Å². The average Bonchev–Trinajstić information content (AvgIpc) is 3.39. The Kier molecular flexibility index (Phi) is 5.84. The minimum atomic E-state index is 0.470. The number of nitrogens with one attached hydrogen (secondary N) is 3. The van der Waals surface area contributed by atoms with Crippen LogP contribution in [0.2, 0.25) is 0 Å². The summed E-state index contributed by atoms with van der Waals surface area (Å²) < 4.78 is 5.87. The first-order valence-corrected chi connectivity index (χ1v) is 10.2. The molecule has 30 heavy (non-hydrogen) atoms. The van der Waals surface area contributed by atoms with Gasteiger partial charge in [0.15, 0.2) is 11.7 Å². The molecule has 0 saturated carbocycles. The number of oxazole rings is 1. The molecular formula is C24H27N5O. The number of hydrogen-bond acceptors (Lipinski definition) is 3. The minimum absolute atomic E-state index is 0.470. The van der Waals surface area contributed by atoms with Gasteiger partial charge in [-0.2, -0.15) is 0 Å². The van der Waals surface area contributed by atoms with E-state index in [0.29, 0.717) is 12.4 Å². The Labute approximate surface area is 176 Å². The van der Waals surface area contributed by atoms with Crippen LogP contribution in [0, 0.1) is 13.8 Å². The van der Waals surface area contributed by atoms with Crippen LogP contribution in [-0.2, 0) is 13.0 Å². The number of benzene rings is 2. The molecule has 0 saturated heterocycles. The van der Waals surface area contributed by atoms with Gasteiger partial charge in [0.25, 0.3) is 0 Å². The molecule has 4 aromatic rings. The minimum Gasteiger partial charge on any atom is -0.439 e. The van der Waals surface area contributed by atoms with Gasteiger partial charge in [0.2, 0.25) is 5.89 Å². The van der Waals surface area contributed by atoms with E-state index in [4.69, 9.17) is 4.42 Å². The number of fused-ring (bicyclic) bond motifs is 1. The molecule has 154 valence electrons. The second-order valence-electron chi connectivity index (χ2n) is 7.40. The lowest BCUT2D eigenvalue weighted by Gasteiger charge is -2.10. The quantitative estimate of drug-likeness (QED) is 0.332. The standard InChI is InChI=1S/C24H27N5O/c1-16-7-9-18(10-8-16)21-14-28-22(30-21)15-29-24(25-3)26-12-11-19-13-27-20-6-4-5-17(2)23(19)20/h4-10,13-14,27H,11-12,15H2,1-3H3,(H2,25,26,29). The zero-order chi connectivity index (χ0) is 20.9. The van der Waals surface area contributed by atoms with E-state index in [-0.39, 0.29) is 0 Å². The van der Waals surface area contributed by atoms with Gasteiger partial charge in [0, 0.05) is 36.3 Å². The van der Waals surface area contributed by atoms with Crippen molar-refractivity contribution >= 4 is 16.9 Å². The molecule has 2 heterocycles. The molecule has 0 atom stereocenters. The number of hydrogen-bond donors (Lipinski definition) is 3. The summed E-state index contributed by atoms with van der Waals surface area (Å²) in [4.78, 5) is 12.0. The van der Waals surface area contributed by atoms with E-state index in [9.17, 15) is 0 Å². The Morgan fingerprint density at radius 3 is 2.73 bits per heavy atom. The van der Waals surface area contributed by atoms with Crippen molar-refractivity contribution in [3.63, 3.8) is 0 Å². The largest absolute Gasteiger partial charge is 0.439 e. The topological polar surface area (TPSA) is 78.2 Å². The number of aliphatic imine (C=N–C) groups is 1. The third-order valence-electron chi connectivity index (χ3n) is 5.20. The Hall–Kier alpha value is -3.54. The summed E-state index contributed by atoms with van der Waals surface area (Å²) in [6, 6.07) is 14.6. The molecule has 4 rings (SSSR count). The van der Waals surface area contributed by atoms with Gasteiger partial charge in [0.05, 0.1) is 12.7 Å². The van der Waals surface area contributed by atoms with E-state index in [2.05, 4.69) is 76.0 Å². The van der Waals surface area contributed by atoms with Crippen LogP contribution < -0.4 is 10.6 Å². The summed E-state index contributed by atoms with van der Waals surface area (Å²) in [5.74, 6) is 2.12. The zero-order valence-corrected chi connectivity index (χ0v) is 17.6. The highest BCUT2D eigenvalue weighted by Crippen LogP contribution is 2.22. The Morgan fingerprint density at radius 1 is 1.10 bits per heavy atom. The van der Waals surface area contributed by atoms with E-state index in [1.165, 1.54) is 27.6 Å². The summed E-state index contributed by atoms with van der Waals surface area (Å²) in [6.45, 7) is 5.46. The summed E-state index contributed by atoms with van der Waals surface area (Å²) in [6.07, 6.45) is 4.76. The van der Waals surface area contributed by atoms with Crippen LogP contribution in [0.5, 0.6) is 0 Å². The number of H-pyrrole nitrogens is 1. The molecule has 0 spiro atoms. The van der Waals surface area contributed by atoms with Crippen molar-refractivity contribution < 1.29 is 4.42 Å². The third kappa shape index (κ3) is 4.38. The van der Waals surface area contributed by atoms with Gasteiger partial charge in [0.1, 0.15) is 0 Å². The Bertz CT molecular complexity index is 1150. The molecule has 0 aliphatic rings. The van der Waals surface area contributed by atoms with Crippen molar-refractivity contribution in [1.82, 2.24) is 20.6 Å². The summed E-state index contributed by atoms with van der Waals surface area (Å²) in [5.41, 5.74) is 6.02. The molecule has 0 fully saturated rings. The van der Waals surface area contributed by atoms with Gasteiger partial charge in [-0.05, 0) is 37.5 Å².